The summed E-state index contributed by atoms with van der Waals surface area (Å²) in [6.07, 6.45) is 1.42. The maximum absolute atomic E-state index is 12.1. The summed E-state index contributed by atoms with van der Waals surface area (Å²) in [5.74, 6) is -0.0600. The molecule has 15 heavy (non-hydrogen) atoms. The Bertz CT molecular complexity index is 346. The molecule has 0 saturated carbocycles. The van der Waals surface area contributed by atoms with Crippen LogP contribution in [0.25, 0.3) is 0 Å². The molecule has 1 aromatic heterocycles. The molecule has 0 atom stereocenters. The van der Waals surface area contributed by atoms with Gasteiger partial charge in [0, 0.05) is 25.7 Å². The summed E-state index contributed by atoms with van der Waals surface area (Å²) in [6, 6.07) is 1.60. The van der Waals surface area contributed by atoms with Crippen LogP contribution < -0.4 is 5.32 Å². The van der Waals surface area contributed by atoms with Crippen LogP contribution in [0.2, 0.25) is 0 Å². The highest BCUT2D eigenvalue weighted by atomic mass is 16.5. The van der Waals surface area contributed by atoms with Crippen molar-refractivity contribution in [2.75, 3.05) is 19.6 Å². The topological polar surface area (TPSA) is 58.4 Å². The zero-order valence-corrected chi connectivity index (χ0v) is 8.99. The molecule has 0 spiro atoms. The summed E-state index contributed by atoms with van der Waals surface area (Å²) >= 11 is 0. The van der Waals surface area contributed by atoms with E-state index in [0.717, 1.165) is 13.1 Å². The monoisotopic (exact) mass is 209 g/mol. The van der Waals surface area contributed by atoms with E-state index in [-0.39, 0.29) is 11.4 Å². The molecule has 1 aliphatic heterocycles. The lowest BCUT2D eigenvalue weighted by atomic mass is 10.00. The molecule has 1 aromatic rings. The summed E-state index contributed by atoms with van der Waals surface area (Å²) in [6.45, 7) is 6.41. The SMILES string of the molecule is CC1(C)CNCCN1C(=O)c1ccon1. The number of hydrogen-bond donors (Lipinski definition) is 1. The molecule has 0 aromatic carbocycles. The molecule has 2 heterocycles. The number of carbonyl (C=O) groups is 1. The number of aromatic nitrogens is 1. The van der Waals surface area contributed by atoms with Crippen molar-refractivity contribution in [3.05, 3.63) is 18.0 Å². The molecule has 2 rings (SSSR count). The van der Waals surface area contributed by atoms with Crippen molar-refractivity contribution in [3.63, 3.8) is 0 Å². The standard InChI is InChI=1S/C10H15N3O2/c1-10(2)7-11-4-5-13(10)9(14)8-3-6-15-12-8/h3,6,11H,4-5,7H2,1-2H3. The second-order valence-corrected chi connectivity index (χ2v) is 4.33. The van der Waals surface area contributed by atoms with Gasteiger partial charge in [0.2, 0.25) is 0 Å². The summed E-state index contributed by atoms with van der Waals surface area (Å²) in [5, 5.41) is 6.94. The van der Waals surface area contributed by atoms with Crippen LogP contribution in [-0.2, 0) is 0 Å². The zero-order chi connectivity index (χ0) is 10.9. The molecule has 0 unspecified atom stereocenters. The average Bonchev–Trinajstić information content (AvgIpc) is 2.69. The third kappa shape index (κ3) is 1.87. The lowest BCUT2D eigenvalue weighted by Crippen LogP contribution is -2.59. The van der Waals surface area contributed by atoms with Crippen molar-refractivity contribution in [2.45, 2.75) is 19.4 Å². The Morgan fingerprint density at radius 3 is 3.07 bits per heavy atom. The van der Waals surface area contributed by atoms with E-state index in [1.54, 1.807) is 6.07 Å². The van der Waals surface area contributed by atoms with Crippen LogP contribution in [0.1, 0.15) is 24.3 Å². The molecular weight excluding hydrogens is 194 g/mol. The molecule has 1 amide bonds. The van der Waals surface area contributed by atoms with E-state index in [4.69, 9.17) is 0 Å². The molecule has 0 radical (unpaired) electrons. The van der Waals surface area contributed by atoms with Crippen LogP contribution in [0, 0.1) is 0 Å². The van der Waals surface area contributed by atoms with Gasteiger partial charge < -0.3 is 14.7 Å². The third-order valence-electron chi connectivity index (χ3n) is 2.70. The molecule has 1 fully saturated rings. The van der Waals surface area contributed by atoms with Gasteiger partial charge in [-0.05, 0) is 13.8 Å². The number of nitrogens with zero attached hydrogens (tertiary/aromatic N) is 2. The van der Waals surface area contributed by atoms with E-state index in [9.17, 15) is 4.79 Å². The predicted octanol–water partition coefficient (Wildman–Crippen LogP) is 0.499. The molecular formula is C10H15N3O2. The first kappa shape index (κ1) is 10.2. The molecule has 1 aliphatic rings. The fourth-order valence-electron chi connectivity index (χ4n) is 1.82. The quantitative estimate of drug-likeness (QED) is 0.731. The van der Waals surface area contributed by atoms with E-state index < -0.39 is 0 Å². The second kappa shape index (κ2) is 3.66. The number of carbonyl (C=O) groups excluding carboxylic acids is 1. The minimum absolute atomic E-state index is 0.0600. The highest BCUT2D eigenvalue weighted by Gasteiger charge is 2.34. The predicted molar refractivity (Wildman–Crippen MR) is 54.5 cm³/mol. The van der Waals surface area contributed by atoms with Gasteiger partial charge in [0.25, 0.3) is 5.91 Å². The van der Waals surface area contributed by atoms with E-state index in [0.29, 0.717) is 12.2 Å². The molecule has 0 bridgehead atoms. The van der Waals surface area contributed by atoms with Crippen LogP contribution in [-0.4, -0.2) is 41.1 Å². The smallest absolute Gasteiger partial charge is 0.276 e. The van der Waals surface area contributed by atoms with Crippen molar-refractivity contribution in [3.8, 4) is 0 Å². The Kier molecular flexibility index (Phi) is 2.48. The lowest BCUT2D eigenvalue weighted by molar-refractivity contribution is 0.0467. The number of rotatable bonds is 1. The second-order valence-electron chi connectivity index (χ2n) is 4.33. The van der Waals surface area contributed by atoms with E-state index in [1.807, 2.05) is 18.7 Å². The number of amides is 1. The van der Waals surface area contributed by atoms with E-state index in [1.165, 1.54) is 6.26 Å². The first-order chi connectivity index (χ1) is 7.11. The first-order valence-corrected chi connectivity index (χ1v) is 5.04. The first-order valence-electron chi connectivity index (χ1n) is 5.04. The highest BCUT2D eigenvalue weighted by Crippen LogP contribution is 2.18. The summed E-state index contributed by atoms with van der Waals surface area (Å²) < 4.78 is 4.68. The van der Waals surface area contributed by atoms with Gasteiger partial charge in [-0.3, -0.25) is 4.79 Å². The molecule has 0 aliphatic carbocycles. The maximum atomic E-state index is 12.1. The van der Waals surface area contributed by atoms with Crippen molar-refractivity contribution in [1.29, 1.82) is 0 Å². The molecule has 1 N–H and O–H groups in total. The Labute approximate surface area is 88.4 Å². The van der Waals surface area contributed by atoms with Gasteiger partial charge >= 0.3 is 0 Å². The zero-order valence-electron chi connectivity index (χ0n) is 8.99. The number of piperazine rings is 1. The minimum Gasteiger partial charge on any atom is -0.364 e. The van der Waals surface area contributed by atoms with Gasteiger partial charge in [0.05, 0.1) is 5.54 Å². The summed E-state index contributed by atoms with van der Waals surface area (Å²) in [5.41, 5.74) is 0.207. The fraction of sp³-hybridized carbons (Fsp3) is 0.600. The van der Waals surface area contributed by atoms with Gasteiger partial charge in [-0.25, -0.2) is 0 Å². The van der Waals surface area contributed by atoms with Crippen molar-refractivity contribution >= 4 is 5.91 Å². The number of nitrogens with one attached hydrogen (secondary N) is 1. The average molecular weight is 209 g/mol. The number of hydrogen-bond acceptors (Lipinski definition) is 4. The molecule has 1 saturated heterocycles. The fourth-order valence-corrected chi connectivity index (χ4v) is 1.82. The maximum Gasteiger partial charge on any atom is 0.276 e. The van der Waals surface area contributed by atoms with Crippen molar-refractivity contribution in [2.24, 2.45) is 0 Å². The van der Waals surface area contributed by atoms with Gasteiger partial charge in [-0.1, -0.05) is 5.16 Å². The Hall–Kier alpha value is -1.36. The Balaban J connectivity index is 2.19. The van der Waals surface area contributed by atoms with Gasteiger partial charge in [-0.15, -0.1) is 0 Å². The lowest BCUT2D eigenvalue weighted by Gasteiger charge is -2.42. The van der Waals surface area contributed by atoms with Crippen LogP contribution >= 0.6 is 0 Å². The molecule has 82 valence electrons. The van der Waals surface area contributed by atoms with Crippen molar-refractivity contribution < 1.29 is 9.32 Å². The minimum atomic E-state index is -0.172. The molecule has 5 heteroatoms. The molecule has 5 nitrogen and oxygen atoms in total. The van der Waals surface area contributed by atoms with Crippen LogP contribution in [0.4, 0.5) is 0 Å². The van der Waals surface area contributed by atoms with Crippen LogP contribution in [0.15, 0.2) is 16.9 Å². The Morgan fingerprint density at radius 1 is 1.67 bits per heavy atom. The summed E-state index contributed by atoms with van der Waals surface area (Å²) in [7, 11) is 0. The van der Waals surface area contributed by atoms with Crippen molar-refractivity contribution in [1.82, 2.24) is 15.4 Å². The van der Waals surface area contributed by atoms with E-state index in [2.05, 4.69) is 15.0 Å². The normalized spacial score (nSPS) is 20.3. The van der Waals surface area contributed by atoms with Crippen LogP contribution in [0.5, 0.6) is 0 Å². The van der Waals surface area contributed by atoms with Gasteiger partial charge in [-0.2, -0.15) is 0 Å². The Morgan fingerprint density at radius 2 is 2.47 bits per heavy atom. The van der Waals surface area contributed by atoms with Gasteiger partial charge in [0.15, 0.2) is 5.69 Å². The highest BCUT2D eigenvalue weighted by molar-refractivity contribution is 5.92. The van der Waals surface area contributed by atoms with E-state index >= 15 is 0 Å². The largest absolute Gasteiger partial charge is 0.364 e. The summed E-state index contributed by atoms with van der Waals surface area (Å²) in [4.78, 5) is 13.9. The van der Waals surface area contributed by atoms with Crippen LogP contribution in [0.3, 0.4) is 0 Å². The third-order valence-corrected chi connectivity index (χ3v) is 2.70. The van der Waals surface area contributed by atoms with Gasteiger partial charge in [0.1, 0.15) is 6.26 Å².